The Hall–Kier alpha value is -4.66. The maximum atomic E-state index is 13.9. The fourth-order valence-electron chi connectivity index (χ4n) is 4.66. The van der Waals surface area contributed by atoms with Crippen LogP contribution in [0.4, 0.5) is 5.69 Å². The van der Waals surface area contributed by atoms with Crippen molar-refractivity contribution in [3.8, 4) is 22.9 Å². The van der Waals surface area contributed by atoms with Gasteiger partial charge in [-0.3, -0.25) is 4.79 Å². The number of para-hydroxylation sites is 1. The summed E-state index contributed by atoms with van der Waals surface area (Å²) in [6.07, 6.45) is 1.30. The fourth-order valence-corrected chi connectivity index (χ4v) is 4.66. The van der Waals surface area contributed by atoms with Crippen molar-refractivity contribution in [1.29, 1.82) is 0 Å². The number of carbonyl (C=O) groups excluding carboxylic acids is 1. The molecule has 9 nitrogen and oxygen atoms in total. The van der Waals surface area contributed by atoms with E-state index in [0.29, 0.717) is 34.6 Å². The third-order valence-corrected chi connectivity index (χ3v) is 6.81. The molecule has 1 heterocycles. The number of esters is 1. The second-order valence-corrected chi connectivity index (χ2v) is 11.1. The summed E-state index contributed by atoms with van der Waals surface area (Å²) in [6, 6.07) is 16.8. The summed E-state index contributed by atoms with van der Waals surface area (Å²) in [6.45, 7) is 12.0. The maximum absolute atomic E-state index is 13.9. The maximum Gasteiger partial charge on any atom is 0.344 e. The molecule has 0 aliphatic rings. The molecule has 0 saturated carbocycles. The molecular weight excluding hydrogens is 544 g/mol. The number of ether oxygens (including phenoxy) is 3. The predicted octanol–water partition coefficient (Wildman–Crippen LogP) is 6.17. The number of aryl methyl sites for hydroxylation is 1. The molecular formula is C34H40N4O5. The van der Waals surface area contributed by atoms with Gasteiger partial charge in [-0.15, -0.1) is 0 Å². The first-order chi connectivity index (χ1) is 20.5. The third-order valence-electron chi connectivity index (χ3n) is 6.81. The molecule has 226 valence electrons. The van der Waals surface area contributed by atoms with Crippen LogP contribution in [-0.2, 0) is 9.53 Å². The van der Waals surface area contributed by atoms with Gasteiger partial charge in [-0.1, -0.05) is 26.0 Å². The smallest absolute Gasteiger partial charge is 0.344 e. The van der Waals surface area contributed by atoms with Gasteiger partial charge in [-0.05, 0) is 81.1 Å². The molecule has 4 rings (SSSR count). The minimum absolute atomic E-state index is 0.183. The van der Waals surface area contributed by atoms with Gasteiger partial charge in [0.25, 0.3) is 5.56 Å². The van der Waals surface area contributed by atoms with Crippen molar-refractivity contribution >= 4 is 28.8 Å². The molecule has 0 amide bonds. The van der Waals surface area contributed by atoms with Crippen LogP contribution in [0.15, 0.2) is 64.5 Å². The standard InChI is InChI=1S/C34H40N4O5/c1-9-41-31-16-23(6)28(18-27(31)21(2)3)33-36-29-13-11-10-12-26(29)34(40)38(33)35-19-24-14-15-25(37(7)8)17-30(24)42-20-32(39)43-22(4)5/h10-19,21-22H,9,20H2,1-8H3. The molecule has 0 radical (unpaired) electrons. The molecule has 0 aliphatic heterocycles. The Morgan fingerprint density at radius 1 is 1.02 bits per heavy atom. The van der Waals surface area contributed by atoms with Crippen LogP contribution in [0.3, 0.4) is 0 Å². The lowest BCUT2D eigenvalue weighted by Crippen LogP contribution is -2.21. The molecule has 4 aromatic rings. The van der Waals surface area contributed by atoms with Crippen molar-refractivity contribution in [2.45, 2.75) is 53.6 Å². The van der Waals surface area contributed by atoms with Crippen molar-refractivity contribution in [3.63, 3.8) is 0 Å². The van der Waals surface area contributed by atoms with Gasteiger partial charge in [0.1, 0.15) is 11.5 Å². The monoisotopic (exact) mass is 584 g/mol. The van der Waals surface area contributed by atoms with Crippen LogP contribution in [0.2, 0.25) is 0 Å². The Labute approximate surface area is 252 Å². The molecule has 0 spiro atoms. The van der Waals surface area contributed by atoms with Gasteiger partial charge in [0, 0.05) is 37.0 Å². The largest absolute Gasteiger partial charge is 0.494 e. The van der Waals surface area contributed by atoms with E-state index in [9.17, 15) is 9.59 Å². The minimum atomic E-state index is -0.475. The molecule has 43 heavy (non-hydrogen) atoms. The second-order valence-electron chi connectivity index (χ2n) is 11.1. The Morgan fingerprint density at radius 2 is 1.77 bits per heavy atom. The highest BCUT2D eigenvalue weighted by Crippen LogP contribution is 2.34. The van der Waals surface area contributed by atoms with Crippen LogP contribution < -0.4 is 19.9 Å². The normalized spacial score (nSPS) is 11.5. The van der Waals surface area contributed by atoms with E-state index in [2.05, 4.69) is 18.9 Å². The summed E-state index contributed by atoms with van der Waals surface area (Å²) in [4.78, 5) is 32.9. The zero-order chi connectivity index (χ0) is 31.3. The van der Waals surface area contributed by atoms with E-state index < -0.39 is 5.97 Å². The van der Waals surface area contributed by atoms with Crippen LogP contribution >= 0.6 is 0 Å². The number of hydrogen-bond donors (Lipinski definition) is 0. The molecule has 3 aromatic carbocycles. The highest BCUT2D eigenvalue weighted by Gasteiger charge is 2.19. The van der Waals surface area contributed by atoms with Crippen LogP contribution in [0.25, 0.3) is 22.3 Å². The summed E-state index contributed by atoms with van der Waals surface area (Å²) in [5, 5.41) is 5.11. The predicted molar refractivity (Wildman–Crippen MR) is 172 cm³/mol. The van der Waals surface area contributed by atoms with Gasteiger partial charge >= 0.3 is 5.97 Å². The Balaban J connectivity index is 1.87. The molecule has 0 atom stereocenters. The number of carbonyl (C=O) groups is 1. The van der Waals surface area contributed by atoms with Gasteiger partial charge in [0.15, 0.2) is 12.4 Å². The molecule has 0 fully saturated rings. The number of fused-ring (bicyclic) bond motifs is 1. The van der Waals surface area contributed by atoms with Crippen LogP contribution in [0.5, 0.6) is 11.5 Å². The van der Waals surface area contributed by atoms with Crippen LogP contribution in [0.1, 0.15) is 57.2 Å². The topological polar surface area (TPSA) is 95.3 Å². The summed E-state index contributed by atoms with van der Waals surface area (Å²) in [5.74, 6) is 1.36. The van der Waals surface area contributed by atoms with Gasteiger partial charge < -0.3 is 19.1 Å². The fraction of sp³-hybridized carbons (Fsp3) is 0.353. The number of aromatic nitrogens is 2. The Bertz CT molecular complexity index is 1710. The SMILES string of the molecule is CCOc1cc(C)c(-c2nc3ccccc3c(=O)n2N=Cc2ccc(N(C)C)cc2OCC(=O)OC(C)C)cc1C(C)C. The van der Waals surface area contributed by atoms with Crippen molar-refractivity contribution in [1.82, 2.24) is 9.66 Å². The van der Waals surface area contributed by atoms with Gasteiger partial charge in [-0.2, -0.15) is 9.78 Å². The van der Waals surface area contributed by atoms with Crippen molar-refractivity contribution in [3.05, 3.63) is 81.6 Å². The van der Waals surface area contributed by atoms with E-state index in [4.69, 9.17) is 19.2 Å². The quantitative estimate of drug-likeness (QED) is 0.154. The molecule has 0 bridgehead atoms. The number of benzene rings is 3. The van der Waals surface area contributed by atoms with Crippen molar-refractivity contribution in [2.24, 2.45) is 5.10 Å². The first-order valence-corrected chi connectivity index (χ1v) is 14.5. The van der Waals surface area contributed by atoms with E-state index in [-0.39, 0.29) is 24.2 Å². The molecule has 0 unspecified atom stereocenters. The van der Waals surface area contributed by atoms with Crippen molar-refractivity contribution in [2.75, 3.05) is 32.2 Å². The first-order valence-electron chi connectivity index (χ1n) is 14.5. The highest BCUT2D eigenvalue weighted by atomic mass is 16.6. The Kier molecular flexibility index (Phi) is 9.85. The van der Waals surface area contributed by atoms with E-state index in [1.54, 1.807) is 32.2 Å². The van der Waals surface area contributed by atoms with E-state index >= 15 is 0 Å². The lowest BCUT2D eigenvalue weighted by atomic mass is 9.96. The summed E-state index contributed by atoms with van der Waals surface area (Å²) in [5.41, 5.74) is 4.44. The number of hydrogen-bond acceptors (Lipinski definition) is 8. The summed E-state index contributed by atoms with van der Waals surface area (Å²) >= 11 is 0. The number of rotatable bonds is 11. The minimum Gasteiger partial charge on any atom is -0.494 e. The molecule has 1 aromatic heterocycles. The summed E-state index contributed by atoms with van der Waals surface area (Å²) in [7, 11) is 3.83. The summed E-state index contributed by atoms with van der Waals surface area (Å²) < 4.78 is 18.4. The number of anilines is 1. The molecule has 0 saturated heterocycles. The molecule has 0 N–H and O–H groups in total. The van der Waals surface area contributed by atoms with Crippen LogP contribution in [0, 0.1) is 6.92 Å². The lowest BCUT2D eigenvalue weighted by Gasteiger charge is -2.18. The average molecular weight is 585 g/mol. The van der Waals surface area contributed by atoms with Crippen molar-refractivity contribution < 1.29 is 19.0 Å². The highest BCUT2D eigenvalue weighted by molar-refractivity contribution is 5.86. The van der Waals surface area contributed by atoms with Gasteiger partial charge in [0.2, 0.25) is 0 Å². The molecule has 0 aliphatic carbocycles. The zero-order valence-electron chi connectivity index (χ0n) is 26.2. The molecule has 9 heteroatoms. The lowest BCUT2D eigenvalue weighted by molar-refractivity contribution is -0.149. The first kappa shape index (κ1) is 31.3. The van der Waals surface area contributed by atoms with E-state index in [0.717, 1.165) is 28.1 Å². The Morgan fingerprint density at radius 3 is 2.44 bits per heavy atom. The van der Waals surface area contributed by atoms with Gasteiger partial charge in [-0.25, -0.2) is 9.78 Å². The van der Waals surface area contributed by atoms with E-state index in [1.165, 1.54) is 4.68 Å². The van der Waals surface area contributed by atoms with Crippen LogP contribution in [-0.4, -0.2) is 55.3 Å². The average Bonchev–Trinajstić information content (AvgIpc) is 2.95. The number of nitrogens with zero attached hydrogens (tertiary/aromatic N) is 4. The van der Waals surface area contributed by atoms with E-state index in [1.807, 2.05) is 75.3 Å². The second kappa shape index (κ2) is 13.5. The zero-order valence-corrected chi connectivity index (χ0v) is 26.2. The third kappa shape index (κ3) is 7.23. The van der Waals surface area contributed by atoms with Gasteiger partial charge in [0.05, 0.1) is 29.8 Å².